The van der Waals surface area contributed by atoms with Gasteiger partial charge < -0.3 is 8.85 Å². The molecule has 0 spiro atoms. The van der Waals surface area contributed by atoms with Gasteiger partial charge in [-0.15, -0.1) is 0 Å². The molecule has 4 aliphatic rings. The van der Waals surface area contributed by atoms with Crippen LogP contribution in [0, 0.1) is 13.8 Å². The first-order valence-corrected chi connectivity index (χ1v) is 12.2. The van der Waals surface area contributed by atoms with Gasteiger partial charge >= 0.3 is 8.56 Å². The molecule has 0 N–H and O–H groups in total. The SMILES string of the molecule is CCO[Si](OCC)(c1c(C)cc2cccccc1-2)c1c(C)cc2cccccc1-2. The van der Waals surface area contributed by atoms with Crippen molar-refractivity contribution in [2.45, 2.75) is 27.7 Å². The molecule has 0 saturated carbocycles. The van der Waals surface area contributed by atoms with Gasteiger partial charge in [-0.3, -0.25) is 0 Å². The van der Waals surface area contributed by atoms with E-state index in [1.807, 2.05) is 0 Å². The summed E-state index contributed by atoms with van der Waals surface area (Å²) < 4.78 is 13.4. The number of hydrogen-bond acceptors (Lipinski definition) is 2. The molecule has 0 aliphatic heterocycles. The third-order valence-electron chi connectivity index (χ3n) is 5.57. The van der Waals surface area contributed by atoms with Crippen LogP contribution < -0.4 is 10.4 Å². The van der Waals surface area contributed by atoms with Gasteiger partial charge in [0.2, 0.25) is 0 Å². The summed E-state index contributed by atoms with van der Waals surface area (Å²) in [4.78, 5) is 0. The van der Waals surface area contributed by atoms with Gasteiger partial charge in [-0.1, -0.05) is 72.8 Å². The van der Waals surface area contributed by atoms with E-state index in [1.54, 1.807) is 0 Å². The molecule has 0 atom stereocenters. The molecule has 3 heteroatoms. The standard InChI is InChI=1S/C26H28O2Si/c1-5-27-29(28-6-2,25-19(3)17-21-13-9-7-11-15-23(21)25)26-20(4)18-22-14-10-8-12-16-24(22)26/h7-18H,5-6H2,1-4H3. The predicted octanol–water partition coefficient (Wildman–Crippen LogP) is 5.14. The van der Waals surface area contributed by atoms with E-state index in [0.29, 0.717) is 13.2 Å². The maximum atomic E-state index is 6.71. The number of hydrogen-bond donors (Lipinski definition) is 0. The van der Waals surface area contributed by atoms with Crippen LogP contribution in [0.15, 0.2) is 72.8 Å². The van der Waals surface area contributed by atoms with Crippen LogP contribution in [0.4, 0.5) is 0 Å². The zero-order chi connectivity index (χ0) is 20.4. The molecule has 0 aromatic rings. The van der Waals surface area contributed by atoms with E-state index < -0.39 is 8.56 Å². The van der Waals surface area contributed by atoms with E-state index in [2.05, 4.69) is 100 Å². The molecule has 0 aromatic heterocycles. The van der Waals surface area contributed by atoms with Crippen molar-refractivity contribution in [3.63, 3.8) is 0 Å². The maximum Gasteiger partial charge on any atom is 0.408 e. The van der Waals surface area contributed by atoms with Gasteiger partial charge in [-0.05, 0) is 61.1 Å². The summed E-state index contributed by atoms with van der Waals surface area (Å²) in [5, 5.41) is 2.49. The van der Waals surface area contributed by atoms with E-state index in [0.717, 1.165) is 0 Å². The zero-order valence-electron chi connectivity index (χ0n) is 17.7. The molecule has 2 nitrogen and oxygen atoms in total. The lowest BCUT2D eigenvalue weighted by Crippen LogP contribution is -2.65. The van der Waals surface area contributed by atoms with Gasteiger partial charge in [-0.2, -0.15) is 0 Å². The highest BCUT2D eigenvalue weighted by Gasteiger charge is 2.49. The summed E-state index contributed by atoms with van der Waals surface area (Å²) in [6.07, 6.45) is 0. The monoisotopic (exact) mass is 400 g/mol. The van der Waals surface area contributed by atoms with Crippen molar-refractivity contribution in [2.75, 3.05) is 13.2 Å². The first-order valence-electron chi connectivity index (χ1n) is 10.4. The number of fused-ring (bicyclic) bond motifs is 2. The van der Waals surface area contributed by atoms with E-state index in [9.17, 15) is 0 Å². The van der Waals surface area contributed by atoms with Crippen molar-refractivity contribution < 1.29 is 8.85 Å². The van der Waals surface area contributed by atoms with E-state index in [-0.39, 0.29) is 0 Å². The van der Waals surface area contributed by atoms with Gasteiger partial charge in [0.15, 0.2) is 0 Å². The van der Waals surface area contributed by atoms with Crippen molar-refractivity contribution >= 4 is 18.9 Å². The average molecular weight is 401 g/mol. The summed E-state index contributed by atoms with van der Waals surface area (Å²) in [5.41, 5.74) is 7.42. The Kier molecular flexibility index (Phi) is 5.55. The highest BCUT2D eigenvalue weighted by atomic mass is 28.4. The van der Waals surface area contributed by atoms with Crippen molar-refractivity contribution in [1.29, 1.82) is 0 Å². The molecule has 4 aliphatic carbocycles. The van der Waals surface area contributed by atoms with Gasteiger partial charge in [0, 0.05) is 23.6 Å². The molecular formula is C26H28O2Si. The lowest BCUT2D eigenvalue weighted by Gasteiger charge is -2.33. The molecule has 0 radical (unpaired) electrons. The van der Waals surface area contributed by atoms with Gasteiger partial charge in [0.1, 0.15) is 0 Å². The Morgan fingerprint density at radius 3 is 1.45 bits per heavy atom. The summed E-state index contributed by atoms with van der Waals surface area (Å²) >= 11 is 0. The molecule has 0 unspecified atom stereocenters. The Bertz CT molecular complexity index is 985. The summed E-state index contributed by atoms with van der Waals surface area (Å²) in [7, 11) is -2.93. The molecule has 0 aromatic carbocycles. The minimum absolute atomic E-state index is 0.613. The summed E-state index contributed by atoms with van der Waals surface area (Å²) in [6, 6.07) is 25.9. The topological polar surface area (TPSA) is 18.5 Å². The fourth-order valence-corrected chi connectivity index (χ4v) is 8.67. The van der Waals surface area contributed by atoms with E-state index in [1.165, 1.54) is 43.8 Å². The maximum absolute atomic E-state index is 6.71. The second-order valence-corrected chi connectivity index (χ2v) is 10.3. The Balaban J connectivity index is 2.09. The van der Waals surface area contributed by atoms with Crippen LogP contribution in [0.3, 0.4) is 0 Å². The van der Waals surface area contributed by atoms with Crippen LogP contribution >= 0.6 is 0 Å². The molecule has 0 saturated heterocycles. The molecule has 0 heterocycles. The fourth-order valence-electron chi connectivity index (χ4n) is 4.60. The Morgan fingerprint density at radius 2 is 1.03 bits per heavy atom. The quantitative estimate of drug-likeness (QED) is 0.417. The first kappa shape index (κ1) is 19.8. The van der Waals surface area contributed by atoms with Crippen LogP contribution in [0.5, 0.6) is 0 Å². The predicted molar refractivity (Wildman–Crippen MR) is 124 cm³/mol. The largest absolute Gasteiger partial charge is 0.408 e. The Hall–Kier alpha value is -2.46. The first-order chi connectivity index (χ1) is 14.1. The van der Waals surface area contributed by atoms with Crippen LogP contribution in [0.2, 0.25) is 0 Å². The Labute approximate surface area is 175 Å². The van der Waals surface area contributed by atoms with E-state index in [4.69, 9.17) is 8.85 Å². The van der Waals surface area contributed by atoms with Gasteiger partial charge in [0.25, 0.3) is 0 Å². The third-order valence-corrected chi connectivity index (χ3v) is 9.60. The molecule has 0 amide bonds. The normalized spacial score (nSPS) is 12.0. The average Bonchev–Trinajstić information content (AvgIpc) is 2.95. The van der Waals surface area contributed by atoms with Crippen molar-refractivity contribution in [3.05, 3.63) is 83.9 Å². The molecule has 29 heavy (non-hydrogen) atoms. The fraction of sp³-hybridized carbons (Fsp3) is 0.231. The molecule has 148 valence electrons. The second-order valence-electron chi connectivity index (χ2n) is 7.45. The number of aryl methyl sites for hydroxylation is 2. The summed E-state index contributed by atoms with van der Waals surface area (Å²) in [6.45, 7) is 9.75. The van der Waals surface area contributed by atoms with Crippen molar-refractivity contribution in [3.8, 4) is 22.3 Å². The third kappa shape index (κ3) is 3.29. The highest BCUT2D eigenvalue weighted by molar-refractivity contribution is 6.95. The molecule has 4 rings (SSSR count). The highest BCUT2D eigenvalue weighted by Crippen LogP contribution is 2.32. The minimum Gasteiger partial charge on any atom is -0.388 e. The number of rotatable bonds is 6. The molecule has 0 bridgehead atoms. The minimum atomic E-state index is -2.93. The van der Waals surface area contributed by atoms with Crippen LogP contribution in [0.25, 0.3) is 22.3 Å². The lowest BCUT2D eigenvalue weighted by molar-refractivity contribution is 0.208. The van der Waals surface area contributed by atoms with Crippen LogP contribution in [-0.2, 0) is 8.85 Å². The smallest absolute Gasteiger partial charge is 0.388 e. The lowest BCUT2D eigenvalue weighted by atomic mass is 10.2. The van der Waals surface area contributed by atoms with E-state index >= 15 is 0 Å². The van der Waals surface area contributed by atoms with Crippen LogP contribution in [0.1, 0.15) is 25.0 Å². The van der Waals surface area contributed by atoms with Crippen molar-refractivity contribution in [1.82, 2.24) is 0 Å². The van der Waals surface area contributed by atoms with Crippen LogP contribution in [-0.4, -0.2) is 21.8 Å². The molecular weight excluding hydrogens is 372 g/mol. The summed E-state index contributed by atoms with van der Waals surface area (Å²) in [5.74, 6) is 0. The van der Waals surface area contributed by atoms with Gasteiger partial charge in [0.05, 0.1) is 0 Å². The molecule has 0 fully saturated rings. The zero-order valence-corrected chi connectivity index (χ0v) is 18.7. The van der Waals surface area contributed by atoms with Crippen molar-refractivity contribution in [2.24, 2.45) is 0 Å². The second kappa shape index (κ2) is 8.11. The van der Waals surface area contributed by atoms with Gasteiger partial charge in [-0.25, -0.2) is 0 Å². The Morgan fingerprint density at radius 1 is 0.621 bits per heavy atom.